The highest BCUT2D eigenvalue weighted by Gasteiger charge is 2.21. The van der Waals surface area contributed by atoms with Crippen LogP contribution in [0.1, 0.15) is 36.9 Å². The summed E-state index contributed by atoms with van der Waals surface area (Å²) in [6.07, 6.45) is 7.92. The summed E-state index contributed by atoms with van der Waals surface area (Å²) in [5.41, 5.74) is 16.7. The van der Waals surface area contributed by atoms with Crippen molar-refractivity contribution < 1.29 is 4.74 Å². The van der Waals surface area contributed by atoms with Gasteiger partial charge in [-0.2, -0.15) is 0 Å². The van der Waals surface area contributed by atoms with Gasteiger partial charge in [0.05, 0.1) is 12.8 Å². The molecule has 4 N–H and O–H groups in total. The number of aromatic nitrogens is 2. The van der Waals surface area contributed by atoms with E-state index in [9.17, 15) is 0 Å². The first-order valence-corrected chi connectivity index (χ1v) is 8.15. The molecule has 0 saturated heterocycles. The molecule has 0 aliphatic heterocycles. The van der Waals surface area contributed by atoms with Gasteiger partial charge in [0.2, 0.25) is 5.88 Å². The Kier molecular flexibility index (Phi) is 4.37. The fraction of sp³-hybridized carbons (Fsp3) is 0.444. The minimum atomic E-state index is 0.363. The van der Waals surface area contributed by atoms with Crippen LogP contribution in [0, 0.1) is 12.8 Å². The van der Waals surface area contributed by atoms with Crippen molar-refractivity contribution in [2.75, 3.05) is 18.6 Å². The van der Waals surface area contributed by atoms with E-state index in [1.165, 1.54) is 31.2 Å². The summed E-state index contributed by atoms with van der Waals surface area (Å²) in [5, 5.41) is 0. The van der Waals surface area contributed by atoms with Gasteiger partial charge in [0, 0.05) is 29.1 Å². The summed E-state index contributed by atoms with van der Waals surface area (Å²) in [7, 11) is 1.65. The molecule has 3 rings (SSSR count). The molecule has 0 bridgehead atoms. The molecule has 23 heavy (non-hydrogen) atoms. The topological polar surface area (TPSA) is 87.0 Å². The highest BCUT2D eigenvalue weighted by molar-refractivity contribution is 5.85. The van der Waals surface area contributed by atoms with Crippen LogP contribution in [-0.4, -0.2) is 17.1 Å². The highest BCUT2D eigenvalue weighted by atomic mass is 16.5. The van der Waals surface area contributed by atoms with Gasteiger partial charge in [-0.1, -0.05) is 19.3 Å². The molecule has 0 aromatic carbocycles. The van der Waals surface area contributed by atoms with Crippen LogP contribution >= 0.6 is 0 Å². The predicted octanol–water partition coefficient (Wildman–Crippen LogP) is 3.36. The van der Waals surface area contributed by atoms with E-state index in [0.717, 1.165) is 29.2 Å². The van der Waals surface area contributed by atoms with Crippen molar-refractivity contribution in [3.63, 3.8) is 0 Å². The van der Waals surface area contributed by atoms with Crippen LogP contribution in [0.5, 0.6) is 5.88 Å². The van der Waals surface area contributed by atoms with Crippen LogP contribution in [0.2, 0.25) is 0 Å². The molecule has 1 fully saturated rings. The van der Waals surface area contributed by atoms with Crippen LogP contribution in [0.4, 0.5) is 11.5 Å². The van der Waals surface area contributed by atoms with Gasteiger partial charge in [-0.3, -0.25) is 0 Å². The van der Waals surface area contributed by atoms with E-state index in [1.54, 1.807) is 13.3 Å². The Balaban J connectivity index is 2.00. The Morgan fingerprint density at radius 1 is 1.30 bits per heavy atom. The summed E-state index contributed by atoms with van der Waals surface area (Å²) in [6, 6.07) is 3.93. The molecule has 2 aromatic rings. The number of pyridine rings is 2. The van der Waals surface area contributed by atoms with Crippen LogP contribution < -0.4 is 16.2 Å². The normalized spacial score (nSPS) is 14.0. The molecule has 0 amide bonds. The van der Waals surface area contributed by atoms with Gasteiger partial charge in [-0.15, -0.1) is 0 Å². The second-order valence-corrected chi connectivity index (χ2v) is 6.28. The zero-order valence-corrected chi connectivity index (χ0v) is 13.8. The van der Waals surface area contributed by atoms with Gasteiger partial charge in [0.1, 0.15) is 5.82 Å². The smallest absolute Gasteiger partial charge is 0.213 e. The lowest BCUT2D eigenvalue weighted by Crippen LogP contribution is -2.04. The van der Waals surface area contributed by atoms with Gasteiger partial charge in [-0.25, -0.2) is 9.97 Å². The zero-order valence-electron chi connectivity index (χ0n) is 13.8. The molecule has 0 unspecified atom stereocenters. The summed E-state index contributed by atoms with van der Waals surface area (Å²) >= 11 is 0. The number of hydrogen-bond acceptors (Lipinski definition) is 5. The van der Waals surface area contributed by atoms with Gasteiger partial charge >= 0.3 is 0 Å². The average Bonchev–Trinajstić information content (AvgIpc) is 3.34. The molecular formula is C18H24N4O. The van der Waals surface area contributed by atoms with Gasteiger partial charge in [0.25, 0.3) is 0 Å². The number of nitrogens with two attached hydrogens (primary N) is 2. The first-order valence-electron chi connectivity index (χ1n) is 8.15. The van der Waals surface area contributed by atoms with Crippen molar-refractivity contribution in [2.45, 2.75) is 39.0 Å². The third-order valence-electron chi connectivity index (χ3n) is 4.51. The molecule has 0 atom stereocenters. The molecule has 5 heteroatoms. The summed E-state index contributed by atoms with van der Waals surface area (Å²) in [6.45, 7) is 1.98. The van der Waals surface area contributed by atoms with E-state index in [1.807, 2.05) is 19.1 Å². The number of methoxy groups -OCH3 is 1. The van der Waals surface area contributed by atoms with E-state index >= 15 is 0 Å². The number of nitrogen functional groups attached to an aromatic ring is 2. The quantitative estimate of drug-likeness (QED) is 0.854. The van der Waals surface area contributed by atoms with Crippen molar-refractivity contribution in [1.29, 1.82) is 0 Å². The standard InChI is InChI=1S/C18H24N4O/c1-11-16(14-8-9-21-18(20)17(14)19)13(10-15(22-11)23-2)5-3-4-12-6-7-12/h8-10,12H,3-7,19H2,1-2H3,(H2,20,21). The summed E-state index contributed by atoms with van der Waals surface area (Å²) in [5.74, 6) is 1.94. The monoisotopic (exact) mass is 312 g/mol. The first kappa shape index (κ1) is 15.6. The molecule has 122 valence electrons. The summed E-state index contributed by atoms with van der Waals surface area (Å²) in [4.78, 5) is 8.58. The molecule has 2 heterocycles. The number of hydrogen-bond donors (Lipinski definition) is 2. The highest BCUT2D eigenvalue weighted by Crippen LogP contribution is 2.37. The van der Waals surface area contributed by atoms with Crippen molar-refractivity contribution in [3.8, 4) is 17.0 Å². The maximum atomic E-state index is 6.16. The van der Waals surface area contributed by atoms with E-state index in [0.29, 0.717) is 17.4 Å². The average molecular weight is 312 g/mol. The lowest BCUT2D eigenvalue weighted by molar-refractivity contribution is 0.396. The Morgan fingerprint density at radius 3 is 2.78 bits per heavy atom. The van der Waals surface area contributed by atoms with Gasteiger partial charge < -0.3 is 16.2 Å². The molecule has 1 aliphatic carbocycles. The number of anilines is 2. The second-order valence-electron chi connectivity index (χ2n) is 6.28. The lowest BCUT2D eigenvalue weighted by atomic mass is 9.94. The number of nitrogens with zero attached hydrogens (tertiary/aromatic N) is 2. The third-order valence-corrected chi connectivity index (χ3v) is 4.51. The van der Waals surface area contributed by atoms with Crippen LogP contribution in [0.25, 0.3) is 11.1 Å². The summed E-state index contributed by atoms with van der Waals surface area (Å²) < 4.78 is 5.34. The molecule has 5 nitrogen and oxygen atoms in total. The third kappa shape index (κ3) is 3.38. The van der Waals surface area contributed by atoms with Crippen LogP contribution in [0.15, 0.2) is 18.3 Å². The molecule has 0 radical (unpaired) electrons. The minimum Gasteiger partial charge on any atom is -0.481 e. The van der Waals surface area contributed by atoms with E-state index in [-0.39, 0.29) is 0 Å². The van der Waals surface area contributed by atoms with E-state index in [4.69, 9.17) is 16.2 Å². The maximum Gasteiger partial charge on any atom is 0.213 e. The van der Waals surface area contributed by atoms with E-state index < -0.39 is 0 Å². The Hall–Kier alpha value is -2.30. The minimum absolute atomic E-state index is 0.363. The first-order chi connectivity index (χ1) is 11.1. The zero-order chi connectivity index (χ0) is 16.4. The van der Waals surface area contributed by atoms with Crippen molar-refractivity contribution in [2.24, 2.45) is 5.92 Å². The van der Waals surface area contributed by atoms with Crippen molar-refractivity contribution in [3.05, 3.63) is 29.6 Å². The van der Waals surface area contributed by atoms with E-state index in [2.05, 4.69) is 9.97 Å². The maximum absolute atomic E-state index is 6.16. The SMILES string of the molecule is COc1cc(CCCC2CC2)c(-c2ccnc(N)c2N)c(C)n1. The number of ether oxygens (including phenoxy) is 1. The van der Waals surface area contributed by atoms with Gasteiger partial charge in [-0.05, 0) is 37.3 Å². The van der Waals surface area contributed by atoms with Crippen molar-refractivity contribution in [1.82, 2.24) is 9.97 Å². The molecular weight excluding hydrogens is 288 g/mol. The molecule has 2 aromatic heterocycles. The van der Waals surface area contributed by atoms with Crippen LogP contribution in [-0.2, 0) is 6.42 Å². The van der Waals surface area contributed by atoms with Crippen LogP contribution in [0.3, 0.4) is 0 Å². The Labute approximate surface area is 137 Å². The van der Waals surface area contributed by atoms with Gasteiger partial charge in [0.15, 0.2) is 0 Å². The molecule has 1 aliphatic rings. The lowest BCUT2D eigenvalue weighted by Gasteiger charge is -2.16. The van der Waals surface area contributed by atoms with Crippen molar-refractivity contribution >= 4 is 11.5 Å². The number of rotatable bonds is 6. The Morgan fingerprint density at radius 2 is 2.09 bits per heavy atom. The number of aryl methyl sites for hydroxylation is 2. The molecule has 1 saturated carbocycles. The fourth-order valence-electron chi connectivity index (χ4n) is 3.07. The largest absolute Gasteiger partial charge is 0.481 e. The molecule has 0 spiro atoms. The predicted molar refractivity (Wildman–Crippen MR) is 93.2 cm³/mol. The fourth-order valence-corrected chi connectivity index (χ4v) is 3.07. The second kappa shape index (κ2) is 6.44. The Bertz CT molecular complexity index is 710.